The fraction of sp³-hybridized carbons (Fsp3) is 0.316. The molecule has 1 saturated heterocycles. The minimum Gasteiger partial charge on any atom is -0.481 e. The molecule has 1 unspecified atom stereocenters. The Bertz CT molecular complexity index is 777. The first-order valence-corrected chi connectivity index (χ1v) is 8.36. The molecule has 2 heterocycles. The standard InChI is InChI=1S/C19H21N3O3/c1-13-16(14-6-3-2-4-7-14)9-10-17(20-13)21-19(25)22-11-5-8-15(12-22)18(23)24/h2-4,6-7,9-10,15H,5,8,11-12H2,1H3,(H,23,24)(H,20,21,25). The van der Waals surface area contributed by atoms with Crippen LogP contribution in [0.5, 0.6) is 0 Å². The molecule has 0 aliphatic carbocycles. The summed E-state index contributed by atoms with van der Waals surface area (Å²) in [5, 5.41) is 11.9. The zero-order valence-electron chi connectivity index (χ0n) is 14.1. The Kier molecular flexibility index (Phi) is 4.97. The van der Waals surface area contributed by atoms with Gasteiger partial charge in [0.1, 0.15) is 5.82 Å². The average Bonchev–Trinajstić information content (AvgIpc) is 2.62. The van der Waals surface area contributed by atoms with E-state index < -0.39 is 11.9 Å². The number of benzene rings is 1. The molecule has 1 aliphatic rings. The monoisotopic (exact) mass is 339 g/mol. The quantitative estimate of drug-likeness (QED) is 0.898. The van der Waals surface area contributed by atoms with Crippen LogP contribution in [-0.4, -0.2) is 40.1 Å². The normalized spacial score (nSPS) is 17.2. The minimum atomic E-state index is -0.848. The lowest BCUT2D eigenvalue weighted by molar-refractivity contribution is -0.143. The van der Waals surface area contributed by atoms with E-state index in [0.717, 1.165) is 16.8 Å². The molecular formula is C19H21N3O3. The number of hydrogen-bond donors (Lipinski definition) is 2. The van der Waals surface area contributed by atoms with Crippen molar-refractivity contribution in [3.05, 3.63) is 48.2 Å². The van der Waals surface area contributed by atoms with E-state index in [2.05, 4.69) is 10.3 Å². The third-order valence-corrected chi connectivity index (χ3v) is 4.46. The van der Waals surface area contributed by atoms with Crippen LogP contribution in [0.15, 0.2) is 42.5 Å². The molecule has 6 heteroatoms. The van der Waals surface area contributed by atoms with Gasteiger partial charge in [0.05, 0.1) is 5.92 Å². The van der Waals surface area contributed by atoms with Crippen LogP contribution in [0, 0.1) is 12.8 Å². The topological polar surface area (TPSA) is 82.5 Å². The van der Waals surface area contributed by atoms with Crippen molar-refractivity contribution >= 4 is 17.8 Å². The van der Waals surface area contributed by atoms with Gasteiger partial charge in [0.25, 0.3) is 0 Å². The number of carboxylic acid groups (broad SMARTS) is 1. The summed E-state index contributed by atoms with van der Waals surface area (Å²) in [5.74, 6) is -0.868. The number of likely N-dealkylation sites (tertiary alicyclic amines) is 1. The number of carbonyl (C=O) groups is 2. The Balaban J connectivity index is 1.70. The molecule has 3 rings (SSSR count). The van der Waals surface area contributed by atoms with E-state index in [1.54, 1.807) is 11.0 Å². The van der Waals surface area contributed by atoms with Crippen LogP contribution in [0.1, 0.15) is 18.5 Å². The molecule has 0 spiro atoms. The molecule has 6 nitrogen and oxygen atoms in total. The number of urea groups is 1. The van der Waals surface area contributed by atoms with Crippen molar-refractivity contribution in [1.29, 1.82) is 0 Å². The van der Waals surface area contributed by atoms with Crippen molar-refractivity contribution in [3.63, 3.8) is 0 Å². The highest BCUT2D eigenvalue weighted by Gasteiger charge is 2.28. The van der Waals surface area contributed by atoms with Gasteiger partial charge < -0.3 is 10.0 Å². The number of carbonyl (C=O) groups excluding carboxylic acids is 1. The van der Waals surface area contributed by atoms with Gasteiger partial charge in [-0.1, -0.05) is 30.3 Å². The van der Waals surface area contributed by atoms with E-state index in [1.807, 2.05) is 43.3 Å². The van der Waals surface area contributed by atoms with E-state index in [9.17, 15) is 9.59 Å². The van der Waals surface area contributed by atoms with Crippen LogP contribution in [0.3, 0.4) is 0 Å². The number of hydrogen-bond acceptors (Lipinski definition) is 3. The zero-order valence-corrected chi connectivity index (χ0v) is 14.1. The molecule has 130 valence electrons. The second kappa shape index (κ2) is 7.34. The molecule has 0 saturated carbocycles. The lowest BCUT2D eigenvalue weighted by Gasteiger charge is -2.30. The summed E-state index contributed by atoms with van der Waals surface area (Å²) in [7, 11) is 0. The van der Waals surface area contributed by atoms with Crippen molar-refractivity contribution < 1.29 is 14.7 Å². The van der Waals surface area contributed by atoms with Crippen molar-refractivity contribution in [1.82, 2.24) is 9.88 Å². The maximum atomic E-state index is 12.4. The Labute approximate surface area is 146 Å². The Morgan fingerprint density at radius 1 is 1.20 bits per heavy atom. The van der Waals surface area contributed by atoms with Crippen molar-refractivity contribution in [2.75, 3.05) is 18.4 Å². The lowest BCUT2D eigenvalue weighted by atomic mass is 9.99. The second-order valence-electron chi connectivity index (χ2n) is 6.25. The zero-order chi connectivity index (χ0) is 17.8. The molecule has 25 heavy (non-hydrogen) atoms. The number of nitrogens with zero attached hydrogens (tertiary/aromatic N) is 2. The van der Waals surface area contributed by atoms with Gasteiger partial charge in [0.15, 0.2) is 0 Å². The first-order valence-electron chi connectivity index (χ1n) is 8.36. The van der Waals surface area contributed by atoms with Gasteiger partial charge in [-0.3, -0.25) is 10.1 Å². The van der Waals surface area contributed by atoms with Gasteiger partial charge in [0, 0.05) is 24.3 Å². The van der Waals surface area contributed by atoms with Crippen molar-refractivity contribution in [2.24, 2.45) is 5.92 Å². The van der Waals surface area contributed by atoms with E-state index in [4.69, 9.17) is 5.11 Å². The van der Waals surface area contributed by atoms with Crippen molar-refractivity contribution in [3.8, 4) is 11.1 Å². The highest BCUT2D eigenvalue weighted by atomic mass is 16.4. The van der Waals surface area contributed by atoms with E-state index in [0.29, 0.717) is 25.2 Å². The summed E-state index contributed by atoms with van der Waals surface area (Å²) in [5.41, 5.74) is 2.92. The summed E-state index contributed by atoms with van der Waals surface area (Å²) in [6.07, 6.45) is 1.31. The van der Waals surface area contributed by atoms with Gasteiger partial charge in [-0.2, -0.15) is 0 Å². The largest absolute Gasteiger partial charge is 0.481 e. The number of aromatic nitrogens is 1. The fourth-order valence-corrected chi connectivity index (χ4v) is 3.11. The Morgan fingerprint density at radius 3 is 2.64 bits per heavy atom. The molecule has 1 aliphatic heterocycles. The van der Waals surface area contributed by atoms with Gasteiger partial charge in [-0.05, 0) is 37.5 Å². The first-order chi connectivity index (χ1) is 12.0. The number of anilines is 1. The maximum Gasteiger partial charge on any atom is 0.323 e. The third-order valence-electron chi connectivity index (χ3n) is 4.46. The van der Waals surface area contributed by atoms with Crippen LogP contribution in [0.4, 0.5) is 10.6 Å². The van der Waals surface area contributed by atoms with E-state index in [1.165, 1.54) is 0 Å². The SMILES string of the molecule is Cc1nc(NC(=O)N2CCCC(C(=O)O)C2)ccc1-c1ccccc1. The summed E-state index contributed by atoms with van der Waals surface area (Å²) in [4.78, 5) is 29.5. The fourth-order valence-electron chi connectivity index (χ4n) is 3.11. The summed E-state index contributed by atoms with van der Waals surface area (Å²) in [6.45, 7) is 2.71. The van der Waals surface area contributed by atoms with Crippen LogP contribution < -0.4 is 5.32 Å². The van der Waals surface area contributed by atoms with Gasteiger partial charge in [-0.25, -0.2) is 9.78 Å². The molecule has 2 aromatic rings. The summed E-state index contributed by atoms with van der Waals surface area (Å²) in [6, 6.07) is 13.3. The van der Waals surface area contributed by atoms with Crippen LogP contribution in [0.2, 0.25) is 0 Å². The minimum absolute atomic E-state index is 0.238. The number of aryl methyl sites for hydroxylation is 1. The van der Waals surface area contributed by atoms with Crippen LogP contribution in [0.25, 0.3) is 11.1 Å². The molecule has 1 atom stereocenters. The predicted octanol–water partition coefficient (Wildman–Crippen LogP) is 3.39. The van der Waals surface area contributed by atoms with Crippen LogP contribution >= 0.6 is 0 Å². The summed E-state index contributed by atoms with van der Waals surface area (Å²) < 4.78 is 0. The van der Waals surface area contributed by atoms with Crippen molar-refractivity contribution in [2.45, 2.75) is 19.8 Å². The van der Waals surface area contributed by atoms with Gasteiger partial charge in [-0.15, -0.1) is 0 Å². The van der Waals surface area contributed by atoms with E-state index in [-0.39, 0.29) is 12.6 Å². The lowest BCUT2D eigenvalue weighted by Crippen LogP contribution is -2.44. The molecule has 1 aromatic carbocycles. The smallest absolute Gasteiger partial charge is 0.323 e. The molecule has 1 fully saturated rings. The number of nitrogens with one attached hydrogen (secondary N) is 1. The number of pyridine rings is 1. The highest BCUT2D eigenvalue weighted by Crippen LogP contribution is 2.24. The Hall–Kier alpha value is -2.89. The summed E-state index contributed by atoms with van der Waals surface area (Å²) >= 11 is 0. The van der Waals surface area contributed by atoms with Gasteiger partial charge >= 0.3 is 12.0 Å². The molecule has 1 aromatic heterocycles. The molecule has 0 bridgehead atoms. The first kappa shape index (κ1) is 17.0. The third kappa shape index (κ3) is 3.96. The molecule has 2 N–H and O–H groups in total. The number of rotatable bonds is 3. The van der Waals surface area contributed by atoms with Gasteiger partial charge in [0.2, 0.25) is 0 Å². The number of carboxylic acids is 1. The maximum absolute atomic E-state index is 12.4. The predicted molar refractivity (Wildman–Crippen MR) is 95.4 cm³/mol. The average molecular weight is 339 g/mol. The number of aliphatic carboxylic acids is 1. The number of piperidine rings is 1. The van der Waals surface area contributed by atoms with Crippen LogP contribution in [-0.2, 0) is 4.79 Å². The number of amides is 2. The highest BCUT2D eigenvalue weighted by molar-refractivity contribution is 5.89. The second-order valence-corrected chi connectivity index (χ2v) is 6.25. The Morgan fingerprint density at radius 2 is 1.96 bits per heavy atom. The van der Waals surface area contributed by atoms with E-state index >= 15 is 0 Å². The molecule has 2 amide bonds. The molecule has 0 radical (unpaired) electrons. The molecular weight excluding hydrogens is 318 g/mol.